The van der Waals surface area contributed by atoms with Gasteiger partial charge in [-0.25, -0.2) is 0 Å². The first-order valence-corrected chi connectivity index (χ1v) is 9.10. The topological polar surface area (TPSA) is 36.1 Å². The van der Waals surface area contributed by atoms with Crippen molar-refractivity contribution < 1.29 is 4.79 Å². The summed E-state index contributed by atoms with van der Waals surface area (Å²) in [5, 5.41) is 1.25. The molecule has 1 N–H and O–H groups in total. The van der Waals surface area contributed by atoms with Crippen molar-refractivity contribution in [2.24, 2.45) is 5.92 Å². The van der Waals surface area contributed by atoms with Crippen LogP contribution in [0.25, 0.3) is 10.9 Å². The van der Waals surface area contributed by atoms with Crippen molar-refractivity contribution in [2.75, 3.05) is 13.1 Å². The second kappa shape index (κ2) is 7.67. The quantitative estimate of drug-likeness (QED) is 0.865. The number of carbonyl (C=O) groups excluding carboxylic acids is 1. The molecule has 3 rings (SSSR count). The standard InChI is InChI=1S/C20H28N2O/c1-2-6-16-7-5-13-22(14-12-16)20(23)11-10-17-15-21-19-9-4-3-8-18(17)19/h3-4,8-9,15-16,21H,2,5-7,10-14H2,1H3. The number of amides is 1. The van der Waals surface area contributed by atoms with Crippen LogP contribution in [0.15, 0.2) is 30.5 Å². The molecule has 1 saturated heterocycles. The number of nitrogens with zero attached hydrogens (tertiary/aromatic N) is 1. The summed E-state index contributed by atoms with van der Waals surface area (Å²) in [4.78, 5) is 18.0. The van der Waals surface area contributed by atoms with E-state index in [-0.39, 0.29) is 0 Å². The fraction of sp³-hybridized carbons (Fsp3) is 0.550. The van der Waals surface area contributed by atoms with Gasteiger partial charge in [-0.2, -0.15) is 0 Å². The van der Waals surface area contributed by atoms with Crippen LogP contribution in [-0.2, 0) is 11.2 Å². The SMILES string of the molecule is CCCC1CCCN(C(=O)CCc2c[nH]c3ccccc23)CC1. The van der Waals surface area contributed by atoms with Crippen LogP contribution in [0.2, 0.25) is 0 Å². The molecular weight excluding hydrogens is 284 g/mol. The first-order chi connectivity index (χ1) is 11.3. The number of hydrogen-bond donors (Lipinski definition) is 1. The molecule has 3 heteroatoms. The first kappa shape index (κ1) is 16.1. The van der Waals surface area contributed by atoms with E-state index in [1.807, 2.05) is 6.07 Å². The Morgan fingerprint density at radius 1 is 1.26 bits per heavy atom. The zero-order valence-electron chi connectivity index (χ0n) is 14.2. The molecule has 1 aromatic carbocycles. The minimum absolute atomic E-state index is 0.326. The van der Waals surface area contributed by atoms with Crippen LogP contribution >= 0.6 is 0 Å². The third-order valence-electron chi connectivity index (χ3n) is 5.18. The van der Waals surface area contributed by atoms with Crippen molar-refractivity contribution in [2.45, 2.75) is 51.9 Å². The second-order valence-electron chi connectivity index (χ2n) is 6.83. The first-order valence-electron chi connectivity index (χ1n) is 9.10. The molecule has 0 bridgehead atoms. The lowest BCUT2D eigenvalue weighted by Crippen LogP contribution is -2.32. The van der Waals surface area contributed by atoms with Gasteiger partial charge in [0.1, 0.15) is 0 Å². The maximum Gasteiger partial charge on any atom is 0.222 e. The Morgan fingerprint density at radius 2 is 2.13 bits per heavy atom. The van der Waals surface area contributed by atoms with Crippen LogP contribution in [-0.4, -0.2) is 28.9 Å². The van der Waals surface area contributed by atoms with Gasteiger partial charge in [0, 0.05) is 36.6 Å². The largest absolute Gasteiger partial charge is 0.361 e. The second-order valence-corrected chi connectivity index (χ2v) is 6.83. The third-order valence-corrected chi connectivity index (χ3v) is 5.18. The van der Waals surface area contributed by atoms with Crippen molar-refractivity contribution >= 4 is 16.8 Å². The average Bonchev–Trinajstić information content (AvgIpc) is 2.83. The summed E-state index contributed by atoms with van der Waals surface area (Å²) in [5.41, 5.74) is 2.42. The van der Waals surface area contributed by atoms with E-state index < -0.39 is 0 Å². The van der Waals surface area contributed by atoms with Gasteiger partial charge in [-0.1, -0.05) is 38.0 Å². The van der Waals surface area contributed by atoms with E-state index in [4.69, 9.17) is 0 Å². The summed E-state index contributed by atoms with van der Waals surface area (Å²) in [5.74, 6) is 1.15. The van der Waals surface area contributed by atoms with Crippen LogP contribution in [0.4, 0.5) is 0 Å². The van der Waals surface area contributed by atoms with Gasteiger partial charge in [0.15, 0.2) is 0 Å². The number of fused-ring (bicyclic) bond motifs is 1. The average molecular weight is 312 g/mol. The number of hydrogen-bond acceptors (Lipinski definition) is 1. The Hall–Kier alpha value is -1.77. The predicted molar refractivity (Wildman–Crippen MR) is 95.4 cm³/mol. The molecule has 2 aromatic rings. The van der Waals surface area contributed by atoms with Gasteiger partial charge in [-0.15, -0.1) is 0 Å². The summed E-state index contributed by atoms with van der Waals surface area (Å²) in [6.45, 7) is 4.17. The van der Waals surface area contributed by atoms with Gasteiger partial charge in [-0.3, -0.25) is 4.79 Å². The summed E-state index contributed by atoms with van der Waals surface area (Å²) in [6.07, 6.45) is 9.74. The number of H-pyrrole nitrogens is 1. The highest BCUT2D eigenvalue weighted by Crippen LogP contribution is 2.23. The predicted octanol–water partition coefficient (Wildman–Crippen LogP) is 4.53. The zero-order chi connectivity index (χ0) is 16.1. The monoisotopic (exact) mass is 312 g/mol. The lowest BCUT2D eigenvalue weighted by Gasteiger charge is -2.20. The fourth-order valence-electron chi connectivity index (χ4n) is 3.85. The van der Waals surface area contributed by atoms with E-state index in [1.54, 1.807) is 0 Å². The number of aromatic amines is 1. The van der Waals surface area contributed by atoms with Crippen molar-refractivity contribution in [1.29, 1.82) is 0 Å². The van der Waals surface area contributed by atoms with Gasteiger partial charge in [0.2, 0.25) is 5.91 Å². The van der Waals surface area contributed by atoms with Crippen LogP contribution in [0, 0.1) is 5.92 Å². The van der Waals surface area contributed by atoms with Crippen molar-refractivity contribution in [1.82, 2.24) is 9.88 Å². The molecule has 124 valence electrons. The number of likely N-dealkylation sites (tertiary alicyclic amines) is 1. The number of carbonyl (C=O) groups is 1. The lowest BCUT2D eigenvalue weighted by atomic mass is 9.96. The molecular formula is C20H28N2O. The number of nitrogens with one attached hydrogen (secondary N) is 1. The number of aromatic nitrogens is 1. The van der Waals surface area contributed by atoms with Gasteiger partial charge < -0.3 is 9.88 Å². The summed E-state index contributed by atoms with van der Waals surface area (Å²) >= 11 is 0. The maximum atomic E-state index is 12.6. The Morgan fingerprint density at radius 3 is 3.00 bits per heavy atom. The van der Waals surface area contributed by atoms with Crippen LogP contribution in [0.1, 0.15) is 51.0 Å². The molecule has 1 amide bonds. The highest BCUT2D eigenvalue weighted by Gasteiger charge is 2.20. The minimum atomic E-state index is 0.326. The van der Waals surface area contributed by atoms with Crippen LogP contribution < -0.4 is 0 Å². The van der Waals surface area contributed by atoms with Crippen molar-refractivity contribution in [3.63, 3.8) is 0 Å². The highest BCUT2D eigenvalue weighted by molar-refractivity contribution is 5.84. The zero-order valence-corrected chi connectivity index (χ0v) is 14.2. The molecule has 0 aliphatic carbocycles. The molecule has 1 atom stereocenters. The third kappa shape index (κ3) is 3.95. The molecule has 23 heavy (non-hydrogen) atoms. The van der Waals surface area contributed by atoms with Gasteiger partial charge in [-0.05, 0) is 43.2 Å². The Bertz CT molecular complexity index is 646. The summed E-state index contributed by atoms with van der Waals surface area (Å²) in [7, 11) is 0. The van der Waals surface area contributed by atoms with E-state index in [0.717, 1.165) is 30.9 Å². The normalized spacial score (nSPS) is 19.0. The molecule has 1 unspecified atom stereocenters. The van der Waals surface area contributed by atoms with E-state index in [9.17, 15) is 4.79 Å². The number of rotatable bonds is 5. The Labute approximate surface area is 139 Å². The summed E-state index contributed by atoms with van der Waals surface area (Å²) < 4.78 is 0. The molecule has 1 aliphatic rings. The van der Waals surface area contributed by atoms with E-state index >= 15 is 0 Å². The molecule has 1 fully saturated rings. The summed E-state index contributed by atoms with van der Waals surface area (Å²) in [6, 6.07) is 8.32. The van der Waals surface area contributed by atoms with Crippen LogP contribution in [0.3, 0.4) is 0 Å². The molecule has 0 saturated carbocycles. The van der Waals surface area contributed by atoms with E-state index in [2.05, 4.69) is 41.2 Å². The van der Waals surface area contributed by atoms with E-state index in [0.29, 0.717) is 12.3 Å². The van der Waals surface area contributed by atoms with Gasteiger partial charge >= 0.3 is 0 Å². The molecule has 0 spiro atoms. The Kier molecular flexibility index (Phi) is 5.37. The molecule has 0 radical (unpaired) electrons. The molecule has 1 aliphatic heterocycles. The molecule has 2 heterocycles. The van der Waals surface area contributed by atoms with Gasteiger partial charge in [0.05, 0.1) is 0 Å². The minimum Gasteiger partial charge on any atom is -0.361 e. The van der Waals surface area contributed by atoms with Crippen molar-refractivity contribution in [3.05, 3.63) is 36.0 Å². The van der Waals surface area contributed by atoms with E-state index in [1.165, 1.54) is 43.1 Å². The highest BCUT2D eigenvalue weighted by atomic mass is 16.2. The molecule has 3 nitrogen and oxygen atoms in total. The fourth-order valence-corrected chi connectivity index (χ4v) is 3.85. The Balaban J connectivity index is 1.55. The van der Waals surface area contributed by atoms with Gasteiger partial charge in [0.25, 0.3) is 0 Å². The number of benzene rings is 1. The van der Waals surface area contributed by atoms with Crippen LogP contribution in [0.5, 0.6) is 0 Å². The number of para-hydroxylation sites is 1. The smallest absolute Gasteiger partial charge is 0.222 e. The van der Waals surface area contributed by atoms with Crippen molar-refractivity contribution in [3.8, 4) is 0 Å². The maximum absolute atomic E-state index is 12.6. The number of aryl methyl sites for hydroxylation is 1. The lowest BCUT2D eigenvalue weighted by molar-refractivity contribution is -0.131. The molecule has 1 aromatic heterocycles.